The second-order valence-corrected chi connectivity index (χ2v) is 7.23. The molecule has 1 saturated heterocycles. The van der Waals surface area contributed by atoms with E-state index < -0.39 is 34.6 Å². The lowest BCUT2D eigenvalue weighted by Gasteiger charge is -2.14. The summed E-state index contributed by atoms with van der Waals surface area (Å²) in [5, 5.41) is 3.41. The van der Waals surface area contributed by atoms with Crippen LogP contribution >= 0.6 is 0 Å². The van der Waals surface area contributed by atoms with E-state index in [1.54, 1.807) is 6.92 Å². The first kappa shape index (κ1) is 16.7. The average Bonchev–Trinajstić information content (AvgIpc) is 2.94. The van der Waals surface area contributed by atoms with Gasteiger partial charge in [0.1, 0.15) is 11.4 Å². The van der Waals surface area contributed by atoms with E-state index in [1.807, 2.05) is 0 Å². The standard InChI is InChI=1S/C11H15F3N4O3S/c1-7-3-18(5-9(7)10(15)19)22(20,21)8-2-16-17(4-8)6-11(12,13)14/h2,4,7,9H,3,5-6H2,1H3,(H2,15,19)/t7-,9-/m1/s1. The minimum Gasteiger partial charge on any atom is -0.369 e. The zero-order chi connectivity index (χ0) is 16.7. The van der Waals surface area contributed by atoms with Crippen molar-refractivity contribution < 1.29 is 26.4 Å². The predicted octanol–water partition coefficient (Wildman–Crippen LogP) is 0.187. The van der Waals surface area contributed by atoms with Gasteiger partial charge in [-0.05, 0) is 5.92 Å². The number of nitrogens with zero attached hydrogens (tertiary/aromatic N) is 3. The molecular formula is C11H15F3N4O3S. The van der Waals surface area contributed by atoms with Gasteiger partial charge in [-0.25, -0.2) is 8.42 Å². The van der Waals surface area contributed by atoms with E-state index >= 15 is 0 Å². The zero-order valence-electron chi connectivity index (χ0n) is 11.6. The number of hydrogen-bond acceptors (Lipinski definition) is 4. The van der Waals surface area contributed by atoms with Crippen molar-refractivity contribution in [1.29, 1.82) is 0 Å². The molecule has 1 aromatic rings. The van der Waals surface area contributed by atoms with Crippen LogP contribution in [0.1, 0.15) is 6.92 Å². The number of sulfonamides is 1. The molecular weight excluding hydrogens is 325 g/mol. The molecule has 0 aromatic carbocycles. The molecule has 1 aliphatic heterocycles. The summed E-state index contributed by atoms with van der Waals surface area (Å²) in [6, 6.07) is 0. The summed E-state index contributed by atoms with van der Waals surface area (Å²) in [7, 11) is -4.00. The van der Waals surface area contributed by atoms with Crippen molar-refractivity contribution in [2.45, 2.75) is 24.5 Å². The van der Waals surface area contributed by atoms with Gasteiger partial charge in [0.05, 0.1) is 12.1 Å². The van der Waals surface area contributed by atoms with Gasteiger partial charge in [0, 0.05) is 19.3 Å². The summed E-state index contributed by atoms with van der Waals surface area (Å²) >= 11 is 0. The van der Waals surface area contributed by atoms with Gasteiger partial charge in [-0.1, -0.05) is 6.92 Å². The second kappa shape index (κ2) is 5.54. The van der Waals surface area contributed by atoms with Crippen LogP contribution in [0.3, 0.4) is 0 Å². The highest BCUT2D eigenvalue weighted by Crippen LogP contribution is 2.28. The highest BCUT2D eigenvalue weighted by Gasteiger charge is 2.40. The first-order valence-corrected chi connectivity index (χ1v) is 7.83. The van der Waals surface area contributed by atoms with Crippen molar-refractivity contribution in [2.24, 2.45) is 17.6 Å². The number of nitrogens with two attached hydrogens (primary N) is 1. The van der Waals surface area contributed by atoms with E-state index in [2.05, 4.69) is 5.10 Å². The minimum absolute atomic E-state index is 0.0801. The Morgan fingerprint density at radius 2 is 2.09 bits per heavy atom. The summed E-state index contributed by atoms with van der Waals surface area (Å²) in [6.07, 6.45) is -2.80. The van der Waals surface area contributed by atoms with Crippen molar-refractivity contribution in [2.75, 3.05) is 13.1 Å². The van der Waals surface area contributed by atoms with Crippen LogP contribution in [0.2, 0.25) is 0 Å². The average molecular weight is 340 g/mol. The van der Waals surface area contributed by atoms with Crippen LogP contribution in [0, 0.1) is 11.8 Å². The van der Waals surface area contributed by atoms with Crippen LogP contribution in [0.4, 0.5) is 13.2 Å². The molecule has 1 amide bonds. The molecule has 0 unspecified atom stereocenters. The van der Waals surface area contributed by atoms with Crippen molar-refractivity contribution in [3.8, 4) is 0 Å². The Morgan fingerprint density at radius 1 is 1.45 bits per heavy atom. The second-order valence-electron chi connectivity index (χ2n) is 5.30. The van der Waals surface area contributed by atoms with Gasteiger partial charge in [-0.2, -0.15) is 22.6 Å². The molecule has 22 heavy (non-hydrogen) atoms. The Hall–Kier alpha value is -1.62. The van der Waals surface area contributed by atoms with Gasteiger partial charge in [0.25, 0.3) is 0 Å². The minimum atomic E-state index is -4.49. The molecule has 0 saturated carbocycles. The van der Waals surface area contributed by atoms with Crippen LogP contribution in [-0.2, 0) is 21.4 Å². The zero-order valence-corrected chi connectivity index (χ0v) is 12.4. The molecule has 0 spiro atoms. The molecule has 1 fully saturated rings. The molecule has 0 radical (unpaired) electrons. The number of carbonyl (C=O) groups excluding carboxylic acids is 1. The maximum Gasteiger partial charge on any atom is 0.408 e. The largest absolute Gasteiger partial charge is 0.408 e. The monoisotopic (exact) mass is 340 g/mol. The fraction of sp³-hybridized carbons (Fsp3) is 0.636. The SMILES string of the molecule is C[C@@H]1CN(S(=O)(=O)c2cnn(CC(F)(F)F)c2)C[C@H]1C(N)=O. The number of rotatable bonds is 4. The van der Waals surface area contributed by atoms with Gasteiger partial charge in [-0.3, -0.25) is 9.48 Å². The number of primary amides is 1. The van der Waals surface area contributed by atoms with Crippen molar-refractivity contribution in [1.82, 2.24) is 14.1 Å². The Morgan fingerprint density at radius 3 is 2.59 bits per heavy atom. The van der Waals surface area contributed by atoms with Crippen LogP contribution < -0.4 is 5.73 Å². The fourth-order valence-electron chi connectivity index (χ4n) is 2.39. The first-order chi connectivity index (χ1) is 10.0. The summed E-state index contributed by atoms with van der Waals surface area (Å²) in [6.45, 7) is 0.324. The molecule has 2 N–H and O–H groups in total. The van der Waals surface area contributed by atoms with E-state index in [0.29, 0.717) is 4.68 Å². The molecule has 2 atom stereocenters. The van der Waals surface area contributed by atoms with Crippen LogP contribution in [0.15, 0.2) is 17.3 Å². The molecule has 2 rings (SSSR count). The molecule has 2 heterocycles. The van der Waals surface area contributed by atoms with E-state index in [-0.39, 0.29) is 23.9 Å². The van der Waals surface area contributed by atoms with E-state index in [4.69, 9.17) is 5.73 Å². The van der Waals surface area contributed by atoms with Crippen LogP contribution in [0.5, 0.6) is 0 Å². The van der Waals surface area contributed by atoms with Crippen molar-refractivity contribution in [3.05, 3.63) is 12.4 Å². The van der Waals surface area contributed by atoms with Crippen LogP contribution in [0.25, 0.3) is 0 Å². The van der Waals surface area contributed by atoms with Gasteiger partial charge in [0.2, 0.25) is 15.9 Å². The summed E-state index contributed by atoms with van der Waals surface area (Å²) in [5.74, 6) is -1.46. The van der Waals surface area contributed by atoms with Crippen molar-refractivity contribution in [3.63, 3.8) is 0 Å². The number of carbonyl (C=O) groups is 1. The fourth-order valence-corrected chi connectivity index (χ4v) is 3.91. The van der Waals surface area contributed by atoms with E-state index in [1.165, 1.54) is 0 Å². The van der Waals surface area contributed by atoms with Crippen LogP contribution in [-0.4, -0.2) is 47.7 Å². The highest BCUT2D eigenvalue weighted by atomic mass is 32.2. The summed E-state index contributed by atoms with van der Waals surface area (Å²) in [4.78, 5) is 10.9. The Labute approximate surface area is 124 Å². The normalized spacial score (nSPS) is 23.8. The highest BCUT2D eigenvalue weighted by molar-refractivity contribution is 7.89. The van der Waals surface area contributed by atoms with E-state index in [0.717, 1.165) is 16.7 Å². The lowest BCUT2D eigenvalue weighted by molar-refractivity contribution is -0.142. The lowest BCUT2D eigenvalue weighted by Crippen LogP contribution is -2.32. The lowest BCUT2D eigenvalue weighted by atomic mass is 9.98. The Balaban J connectivity index is 2.20. The molecule has 0 aliphatic carbocycles. The predicted molar refractivity (Wildman–Crippen MR) is 68.9 cm³/mol. The molecule has 11 heteroatoms. The smallest absolute Gasteiger partial charge is 0.369 e. The molecule has 124 valence electrons. The number of alkyl halides is 3. The van der Waals surface area contributed by atoms with Gasteiger partial charge < -0.3 is 5.73 Å². The topological polar surface area (TPSA) is 98.3 Å². The molecule has 1 aromatic heterocycles. The number of hydrogen-bond donors (Lipinski definition) is 1. The Kier molecular flexibility index (Phi) is 4.22. The maximum atomic E-state index is 12.4. The molecule has 0 bridgehead atoms. The van der Waals surface area contributed by atoms with Gasteiger partial charge in [0.15, 0.2) is 0 Å². The number of aromatic nitrogens is 2. The molecule has 1 aliphatic rings. The maximum absolute atomic E-state index is 12.4. The van der Waals surface area contributed by atoms with E-state index in [9.17, 15) is 26.4 Å². The van der Waals surface area contributed by atoms with Gasteiger partial charge in [-0.15, -0.1) is 0 Å². The number of halogens is 3. The first-order valence-electron chi connectivity index (χ1n) is 6.39. The third kappa shape index (κ3) is 3.40. The quantitative estimate of drug-likeness (QED) is 0.846. The van der Waals surface area contributed by atoms with Crippen molar-refractivity contribution >= 4 is 15.9 Å². The summed E-state index contributed by atoms with van der Waals surface area (Å²) < 4.78 is 63.1. The third-order valence-corrected chi connectivity index (χ3v) is 5.32. The Bertz CT molecular complexity index is 670. The molecule has 7 nitrogen and oxygen atoms in total. The number of amides is 1. The summed E-state index contributed by atoms with van der Waals surface area (Å²) in [5.41, 5.74) is 5.20. The van der Waals surface area contributed by atoms with Gasteiger partial charge >= 0.3 is 6.18 Å². The third-order valence-electron chi connectivity index (χ3n) is 3.53.